The molecule has 1 aromatic carbocycles. The molecule has 0 amide bonds. The second-order valence-electron chi connectivity index (χ2n) is 6.65. The smallest absolute Gasteiger partial charge is 0.155 e. The quantitative estimate of drug-likeness (QED) is 0.431. The van der Waals surface area contributed by atoms with Crippen molar-refractivity contribution in [2.45, 2.75) is 17.6 Å². The highest BCUT2D eigenvalue weighted by Gasteiger charge is 2.16. The standard InChI is InChI=1S/C22H18N6S/c1-15-6-5-9-18(25-15)22-21(16-10-11-20-23-14-24-28(20)12-16)26-19(27-22)13-29-17-7-3-2-4-8-17/h2-12,14H,13H2,1H3,(H,26,27). The van der Waals surface area contributed by atoms with Crippen molar-refractivity contribution in [3.05, 3.63) is 84.7 Å². The van der Waals surface area contributed by atoms with Gasteiger partial charge in [-0.3, -0.25) is 4.98 Å². The van der Waals surface area contributed by atoms with Crippen molar-refractivity contribution in [2.24, 2.45) is 0 Å². The third-order valence-electron chi connectivity index (χ3n) is 4.56. The number of hydrogen-bond donors (Lipinski definition) is 1. The normalized spacial score (nSPS) is 11.2. The molecule has 5 aromatic rings. The van der Waals surface area contributed by atoms with Gasteiger partial charge in [0.25, 0.3) is 0 Å². The van der Waals surface area contributed by atoms with E-state index in [0.29, 0.717) is 0 Å². The predicted molar refractivity (Wildman–Crippen MR) is 115 cm³/mol. The third-order valence-corrected chi connectivity index (χ3v) is 5.59. The van der Waals surface area contributed by atoms with Crippen molar-refractivity contribution in [1.29, 1.82) is 0 Å². The SMILES string of the molecule is Cc1cccc(-c2[nH]c(CSc3ccccc3)nc2-c2ccc3ncnn3c2)n1. The highest BCUT2D eigenvalue weighted by molar-refractivity contribution is 7.98. The number of hydrogen-bond acceptors (Lipinski definition) is 5. The Morgan fingerprint density at radius 1 is 0.966 bits per heavy atom. The minimum Gasteiger partial charge on any atom is -0.339 e. The molecule has 0 saturated carbocycles. The number of thioether (sulfide) groups is 1. The van der Waals surface area contributed by atoms with Crippen LogP contribution >= 0.6 is 11.8 Å². The molecule has 0 unspecified atom stereocenters. The molecule has 142 valence electrons. The summed E-state index contributed by atoms with van der Waals surface area (Å²) in [6.45, 7) is 1.99. The van der Waals surface area contributed by atoms with Gasteiger partial charge in [-0.15, -0.1) is 11.8 Å². The minimum atomic E-state index is 0.744. The molecule has 6 nitrogen and oxygen atoms in total. The first-order valence-electron chi connectivity index (χ1n) is 9.27. The van der Waals surface area contributed by atoms with Crippen molar-refractivity contribution in [3.8, 4) is 22.6 Å². The number of aryl methyl sites for hydroxylation is 1. The molecule has 0 bridgehead atoms. The van der Waals surface area contributed by atoms with Crippen LogP contribution in [0.2, 0.25) is 0 Å². The van der Waals surface area contributed by atoms with Crippen molar-refractivity contribution in [3.63, 3.8) is 0 Å². The van der Waals surface area contributed by atoms with Gasteiger partial charge in [-0.1, -0.05) is 24.3 Å². The molecule has 0 radical (unpaired) electrons. The van der Waals surface area contributed by atoms with E-state index < -0.39 is 0 Å². The fourth-order valence-electron chi connectivity index (χ4n) is 3.19. The van der Waals surface area contributed by atoms with Crippen LogP contribution in [0.5, 0.6) is 0 Å². The topological polar surface area (TPSA) is 71.8 Å². The summed E-state index contributed by atoms with van der Waals surface area (Å²) in [6, 6.07) is 20.3. The average Bonchev–Trinajstić information content (AvgIpc) is 3.39. The highest BCUT2D eigenvalue weighted by atomic mass is 32.2. The monoisotopic (exact) mass is 398 g/mol. The Morgan fingerprint density at radius 3 is 2.72 bits per heavy atom. The lowest BCUT2D eigenvalue weighted by atomic mass is 10.1. The van der Waals surface area contributed by atoms with Gasteiger partial charge < -0.3 is 4.98 Å². The van der Waals surface area contributed by atoms with Crippen LogP contribution in [-0.2, 0) is 5.75 Å². The Morgan fingerprint density at radius 2 is 1.86 bits per heavy atom. The van der Waals surface area contributed by atoms with E-state index in [-0.39, 0.29) is 0 Å². The molecule has 0 aliphatic heterocycles. The lowest BCUT2D eigenvalue weighted by molar-refractivity contribution is 0.961. The lowest BCUT2D eigenvalue weighted by Crippen LogP contribution is -1.92. The van der Waals surface area contributed by atoms with Crippen molar-refractivity contribution < 1.29 is 0 Å². The van der Waals surface area contributed by atoms with E-state index in [0.717, 1.165) is 45.6 Å². The number of benzene rings is 1. The summed E-state index contributed by atoms with van der Waals surface area (Å²) in [5.41, 5.74) is 5.39. The number of imidazole rings is 1. The van der Waals surface area contributed by atoms with Gasteiger partial charge in [0.2, 0.25) is 0 Å². The van der Waals surface area contributed by atoms with Crippen LogP contribution in [0.15, 0.2) is 78.1 Å². The number of H-pyrrole nitrogens is 1. The number of aromatic nitrogens is 6. The zero-order valence-electron chi connectivity index (χ0n) is 15.8. The second kappa shape index (κ2) is 7.52. The summed E-state index contributed by atoms with van der Waals surface area (Å²) < 4.78 is 1.76. The van der Waals surface area contributed by atoms with E-state index in [9.17, 15) is 0 Å². The molecular weight excluding hydrogens is 380 g/mol. The van der Waals surface area contributed by atoms with Crippen LogP contribution in [-0.4, -0.2) is 29.5 Å². The van der Waals surface area contributed by atoms with Crippen LogP contribution in [0.1, 0.15) is 11.5 Å². The Hall–Kier alpha value is -3.45. The largest absolute Gasteiger partial charge is 0.339 e. The molecule has 0 aliphatic carbocycles. The molecule has 0 spiro atoms. The number of nitrogens with one attached hydrogen (secondary N) is 1. The maximum absolute atomic E-state index is 4.91. The van der Waals surface area contributed by atoms with Gasteiger partial charge in [-0.25, -0.2) is 14.5 Å². The Kier molecular flexibility index (Phi) is 4.57. The van der Waals surface area contributed by atoms with E-state index in [4.69, 9.17) is 9.97 Å². The summed E-state index contributed by atoms with van der Waals surface area (Å²) in [6.07, 6.45) is 3.50. The molecule has 0 fully saturated rings. The van der Waals surface area contributed by atoms with Crippen LogP contribution in [0, 0.1) is 6.92 Å². The Bertz CT molecular complexity index is 1270. The molecule has 0 saturated heterocycles. The molecule has 7 heteroatoms. The first-order chi connectivity index (χ1) is 14.3. The van der Waals surface area contributed by atoms with Gasteiger partial charge in [-0.05, 0) is 43.3 Å². The minimum absolute atomic E-state index is 0.744. The zero-order valence-corrected chi connectivity index (χ0v) is 16.6. The molecule has 29 heavy (non-hydrogen) atoms. The van der Waals surface area contributed by atoms with Crippen molar-refractivity contribution in [1.82, 2.24) is 29.5 Å². The summed E-state index contributed by atoms with van der Waals surface area (Å²) in [4.78, 5) is 18.5. The number of pyridine rings is 2. The maximum atomic E-state index is 4.91. The fraction of sp³-hybridized carbons (Fsp3) is 0.0909. The summed E-state index contributed by atoms with van der Waals surface area (Å²) >= 11 is 1.75. The maximum Gasteiger partial charge on any atom is 0.155 e. The molecular formula is C22H18N6S. The van der Waals surface area contributed by atoms with Gasteiger partial charge in [-0.2, -0.15) is 5.10 Å². The van der Waals surface area contributed by atoms with Crippen molar-refractivity contribution >= 4 is 17.4 Å². The summed E-state index contributed by atoms with van der Waals surface area (Å²) in [5, 5.41) is 4.25. The Labute approximate surface area is 172 Å². The first-order valence-corrected chi connectivity index (χ1v) is 10.3. The third kappa shape index (κ3) is 3.64. The van der Waals surface area contributed by atoms with Crippen LogP contribution in [0.3, 0.4) is 0 Å². The molecule has 4 aromatic heterocycles. The first kappa shape index (κ1) is 17.6. The van der Waals surface area contributed by atoms with Gasteiger partial charge in [0.05, 0.1) is 22.8 Å². The number of nitrogens with zero attached hydrogens (tertiary/aromatic N) is 5. The van der Waals surface area contributed by atoms with E-state index in [1.165, 1.54) is 4.90 Å². The molecule has 5 rings (SSSR count). The second-order valence-corrected chi connectivity index (χ2v) is 7.70. The summed E-state index contributed by atoms with van der Waals surface area (Å²) in [7, 11) is 0. The number of fused-ring (bicyclic) bond motifs is 1. The highest BCUT2D eigenvalue weighted by Crippen LogP contribution is 2.31. The van der Waals surface area contributed by atoms with Gasteiger partial charge in [0, 0.05) is 22.3 Å². The number of rotatable bonds is 5. The zero-order chi connectivity index (χ0) is 19.6. The Balaban J connectivity index is 1.56. The average molecular weight is 398 g/mol. The van der Waals surface area contributed by atoms with Gasteiger partial charge >= 0.3 is 0 Å². The van der Waals surface area contributed by atoms with Crippen LogP contribution < -0.4 is 0 Å². The van der Waals surface area contributed by atoms with Crippen molar-refractivity contribution in [2.75, 3.05) is 0 Å². The van der Waals surface area contributed by atoms with Gasteiger partial charge in [0.15, 0.2) is 5.65 Å². The van der Waals surface area contributed by atoms with E-state index in [1.54, 1.807) is 22.6 Å². The molecule has 1 N–H and O–H groups in total. The predicted octanol–water partition coefficient (Wildman–Crippen LogP) is 4.78. The summed E-state index contributed by atoms with van der Waals surface area (Å²) in [5.74, 6) is 1.65. The van der Waals surface area contributed by atoms with E-state index in [2.05, 4.69) is 27.2 Å². The molecule has 4 heterocycles. The van der Waals surface area contributed by atoms with E-state index in [1.807, 2.05) is 61.7 Å². The lowest BCUT2D eigenvalue weighted by Gasteiger charge is -2.04. The molecule has 0 aliphatic rings. The van der Waals surface area contributed by atoms with E-state index >= 15 is 0 Å². The van der Waals surface area contributed by atoms with Gasteiger partial charge in [0.1, 0.15) is 12.2 Å². The van der Waals surface area contributed by atoms with Crippen LogP contribution in [0.25, 0.3) is 28.3 Å². The molecule has 0 atom stereocenters. The fourth-order valence-corrected chi connectivity index (χ4v) is 3.98. The van der Waals surface area contributed by atoms with Crippen LogP contribution in [0.4, 0.5) is 0 Å². The number of aromatic amines is 1.